The molecule has 8 aromatic carbocycles. The van der Waals surface area contributed by atoms with Crippen molar-refractivity contribution in [1.29, 1.82) is 0 Å². The lowest BCUT2D eigenvalue weighted by atomic mass is 9.61. The summed E-state index contributed by atoms with van der Waals surface area (Å²) in [7, 11) is 0. The molecule has 2 atom stereocenters. The fourth-order valence-electron chi connectivity index (χ4n) is 9.74. The summed E-state index contributed by atoms with van der Waals surface area (Å²) < 4.78 is 6.29. The topological polar surface area (TPSA) is 90.5 Å². The lowest BCUT2D eigenvalue weighted by molar-refractivity contribution is 0.669. The number of hydrogen-bond acceptors (Lipinski definition) is 7. The molecular weight excluding hydrogens is 773 g/mol. The number of para-hydroxylation sites is 1. The highest BCUT2D eigenvalue weighted by atomic mass is 16.3. The van der Waals surface area contributed by atoms with Crippen LogP contribution in [0.25, 0.3) is 90.3 Å². The molecule has 3 aromatic heterocycles. The molecule has 3 aliphatic rings. The molecule has 7 heteroatoms. The highest BCUT2D eigenvalue weighted by Gasteiger charge is 2.41. The Labute approximate surface area is 362 Å². The van der Waals surface area contributed by atoms with E-state index in [2.05, 4.69) is 72.8 Å². The largest absolute Gasteiger partial charge is 0.456 e. The van der Waals surface area contributed by atoms with Gasteiger partial charge in [-0.25, -0.2) is 29.9 Å². The van der Waals surface area contributed by atoms with Gasteiger partial charge >= 0.3 is 0 Å². The van der Waals surface area contributed by atoms with E-state index in [9.17, 15) is 0 Å². The molecule has 7 nitrogen and oxygen atoms in total. The van der Waals surface area contributed by atoms with Crippen LogP contribution in [0, 0.1) is 0 Å². The van der Waals surface area contributed by atoms with Gasteiger partial charge in [0.2, 0.25) is 0 Å². The molecular formula is C56H34N6O. The Morgan fingerprint density at radius 2 is 0.683 bits per heavy atom. The Balaban J connectivity index is 0.957. The van der Waals surface area contributed by atoms with Gasteiger partial charge in [0.25, 0.3) is 0 Å². The van der Waals surface area contributed by atoms with Gasteiger partial charge in [-0.15, -0.1) is 0 Å². The third-order valence-electron chi connectivity index (χ3n) is 12.6. The Bertz CT molecular complexity index is 3530. The summed E-state index contributed by atoms with van der Waals surface area (Å²) in [5.74, 6) is 3.82. The van der Waals surface area contributed by atoms with Crippen molar-refractivity contribution in [2.24, 2.45) is 0 Å². The zero-order valence-corrected chi connectivity index (χ0v) is 33.7. The lowest BCUT2D eigenvalue weighted by Crippen LogP contribution is -2.27. The number of hydrogen-bond donors (Lipinski definition) is 0. The molecule has 3 heterocycles. The first-order chi connectivity index (χ1) is 31.2. The Morgan fingerprint density at radius 3 is 1.19 bits per heavy atom. The molecule has 63 heavy (non-hydrogen) atoms. The van der Waals surface area contributed by atoms with Crippen LogP contribution in [0.15, 0.2) is 199 Å². The van der Waals surface area contributed by atoms with Crippen LogP contribution in [0.4, 0.5) is 0 Å². The molecule has 11 aromatic rings. The highest BCUT2D eigenvalue weighted by molar-refractivity contribution is 6.11. The fraction of sp³-hybridized carbons (Fsp3) is 0.0357. The summed E-state index contributed by atoms with van der Waals surface area (Å²) in [4.78, 5) is 30.7. The summed E-state index contributed by atoms with van der Waals surface area (Å²) in [5.41, 5.74) is 15.0. The van der Waals surface area contributed by atoms with Crippen molar-refractivity contribution in [2.75, 3.05) is 0 Å². The average molecular weight is 807 g/mol. The number of benzene rings is 8. The number of rotatable bonds is 6. The molecule has 0 fully saturated rings. The number of nitrogens with zero attached hydrogens (tertiary/aromatic N) is 6. The van der Waals surface area contributed by atoms with Gasteiger partial charge in [0.15, 0.2) is 34.9 Å². The van der Waals surface area contributed by atoms with E-state index in [0.29, 0.717) is 34.9 Å². The van der Waals surface area contributed by atoms with Crippen molar-refractivity contribution >= 4 is 21.9 Å². The van der Waals surface area contributed by atoms with Crippen LogP contribution < -0.4 is 0 Å². The third kappa shape index (κ3) is 5.74. The predicted octanol–water partition coefficient (Wildman–Crippen LogP) is 12.9. The lowest BCUT2D eigenvalue weighted by Gasteiger charge is -2.42. The van der Waals surface area contributed by atoms with Crippen molar-refractivity contribution in [3.63, 3.8) is 0 Å². The number of furan rings is 1. The molecule has 0 aliphatic heterocycles. The third-order valence-corrected chi connectivity index (χ3v) is 12.6. The second-order valence-corrected chi connectivity index (χ2v) is 16.2. The minimum absolute atomic E-state index is 0.0178. The van der Waals surface area contributed by atoms with Crippen LogP contribution in [0.2, 0.25) is 0 Å². The standard InChI is InChI=1S/C56H34N6O/c1-4-15-33(16-5-1)51-57-52(34-17-6-2-7-18-34)59-54(58-51)36-27-29-40-44(31-36)48-38-21-10-11-22-39(38)49(40)45-32-37(28-30-41(45)48)55-60-53(35-19-8-3-9-20-35)61-56(62-55)43-24-14-26-47-50(43)42-23-12-13-25-46(42)63-47/h1-32,48-49H. The van der Waals surface area contributed by atoms with E-state index in [-0.39, 0.29) is 11.8 Å². The fourth-order valence-corrected chi connectivity index (χ4v) is 9.74. The molecule has 2 unspecified atom stereocenters. The maximum absolute atomic E-state index is 6.29. The van der Waals surface area contributed by atoms with Gasteiger partial charge in [-0.3, -0.25) is 0 Å². The Morgan fingerprint density at radius 1 is 0.286 bits per heavy atom. The van der Waals surface area contributed by atoms with Crippen LogP contribution in [-0.2, 0) is 0 Å². The SMILES string of the molecule is c1ccc(-c2nc(-c3ccccc3)nc(-c3ccc4c(c3)C3c5ccccc5C4c4cc(-c5nc(-c6ccccc6)nc(-c6cccc7oc8ccccc8c67)n5)ccc43)n2)cc1. The Kier molecular flexibility index (Phi) is 7.90. The van der Waals surface area contributed by atoms with Gasteiger partial charge in [0, 0.05) is 56.0 Å². The van der Waals surface area contributed by atoms with E-state index in [1.165, 1.54) is 33.4 Å². The van der Waals surface area contributed by atoms with E-state index in [1.54, 1.807) is 0 Å². The molecule has 0 spiro atoms. The highest BCUT2D eigenvalue weighted by Crippen LogP contribution is 2.56. The molecule has 0 N–H and O–H groups in total. The van der Waals surface area contributed by atoms with Gasteiger partial charge in [-0.05, 0) is 57.6 Å². The van der Waals surface area contributed by atoms with Crippen LogP contribution >= 0.6 is 0 Å². The van der Waals surface area contributed by atoms with E-state index in [4.69, 9.17) is 34.3 Å². The number of fused-ring (bicyclic) bond motifs is 3. The van der Waals surface area contributed by atoms with Crippen molar-refractivity contribution in [1.82, 2.24) is 29.9 Å². The summed E-state index contributed by atoms with van der Waals surface area (Å²) >= 11 is 0. The molecule has 14 rings (SSSR count). The van der Waals surface area contributed by atoms with Gasteiger partial charge in [-0.1, -0.05) is 170 Å². The van der Waals surface area contributed by atoms with Gasteiger partial charge in [-0.2, -0.15) is 0 Å². The van der Waals surface area contributed by atoms with Crippen LogP contribution in [-0.4, -0.2) is 29.9 Å². The van der Waals surface area contributed by atoms with Crippen molar-refractivity contribution in [3.8, 4) is 68.3 Å². The Hall–Kier alpha value is -8.42. The van der Waals surface area contributed by atoms with E-state index < -0.39 is 0 Å². The second-order valence-electron chi connectivity index (χ2n) is 16.2. The van der Waals surface area contributed by atoms with Gasteiger partial charge < -0.3 is 4.42 Å². The minimum atomic E-state index is 0.0178. The van der Waals surface area contributed by atoms with Crippen molar-refractivity contribution in [3.05, 3.63) is 228 Å². The van der Waals surface area contributed by atoms with Gasteiger partial charge in [0.1, 0.15) is 11.2 Å². The zero-order valence-electron chi connectivity index (χ0n) is 33.7. The summed E-state index contributed by atoms with van der Waals surface area (Å²) in [5, 5.41) is 2.02. The first-order valence-corrected chi connectivity index (χ1v) is 21.2. The van der Waals surface area contributed by atoms with E-state index in [0.717, 1.165) is 55.3 Å². The second kappa shape index (κ2) is 14.1. The number of aromatic nitrogens is 6. The molecule has 0 saturated heterocycles. The summed E-state index contributed by atoms with van der Waals surface area (Å²) in [6, 6.07) is 67.0. The van der Waals surface area contributed by atoms with Crippen LogP contribution in [0.1, 0.15) is 45.2 Å². The molecule has 294 valence electrons. The summed E-state index contributed by atoms with van der Waals surface area (Å²) in [6.45, 7) is 0. The smallest absolute Gasteiger partial charge is 0.164 e. The summed E-state index contributed by atoms with van der Waals surface area (Å²) in [6.07, 6.45) is 0. The molecule has 3 aliphatic carbocycles. The maximum Gasteiger partial charge on any atom is 0.164 e. The molecule has 0 radical (unpaired) electrons. The van der Waals surface area contributed by atoms with Crippen LogP contribution in [0.5, 0.6) is 0 Å². The normalized spacial score (nSPS) is 14.7. The molecule has 0 amide bonds. The first kappa shape index (κ1) is 35.3. The molecule has 0 saturated carbocycles. The van der Waals surface area contributed by atoms with Crippen molar-refractivity contribution in [2.45, 2.75) is 11.8 Å². The molecule has 2 bridgehead atoms. The van der Waals surface area contributed by atoms with Crippen molar-refractivity contribution < 1.29 is 4.42 Å². The monoisotopic (exact) mass is 806 g/mol. The zero-order chi connectivity index (χ0) is 41.4. The average Bonchev–Trinajstić information content (AvgIpc) is 3.75. The van der Waals surface area contributed by atoms with E-state index >= 15 is 0 Å². The predicted molar refractivity (Wildman–Crippen MR) is 248 cm³/mol. The van der Waals surface area contributed by atoms with E-state index in [1.807, 2.05) is 121 Å². The quantitative estimate of drug-likeness (QED) is 0.165. The maximum atomic E-state index is 6.29. The first-order valence-electron chi connectivity index (χ1n) is 21.2. The van der Waals surface area contributed by atoms with Gasteiger partial charge in [0.05, 0.1) is 0 Å². The minimum Gasteiger partial charge on any atom is -0.456 e. The van der Waals surface area contributed by atoms with Crippen LogP contribution in [0.3, 0.4) is 0 Å².